The summed E-state index contributed by atoms with van der Waals surface area (Å²) in [5.74, 6) is -1.08. The topological polar surface area (TPSA) is 123 Å². The first-order valence-electron chi connectivity index (χ1n) is 10.3. The number of amides is 2. The lowest BCUT2D eigenvalue weighted by Crippen LogP contribution is -2.31. The van der Waals surface area contributed by atoms with E-state index in [0.29, 0.717) is 27.1 Å². The number of aromatic carboxylic acids is 1. The molecule has 0 spiro atoms. The van der Waals surface area contributed by atoms with Gasteiger partial charge in [-0.2, -0.15) is 0 Å². The molecule has 0 saturated carbocycles. The molecule has 35 heavy (non-hydrogen) atoms. The molecule has 1 aliphatic rings. The second-order valence-electron chi connectivity index (χ2n) is 7.28. The highest BCUT2D eigenvalue weighted by Crippen LogP contribution is 2.37. The lowest BCUT2D eigenvalue weighted by Gasteiger charge is -2.14. The van der Waals surface area contributed by atoms with Gasteiger partial charge in [0, 0.05) is 10.0 Å². The Kier molecular flexibility index (Phi) is 7.02. The lowest BCUT2D eigenvalue weighted by molar-refractivity contribution is -0.113. The van der Waals surface area contributed by atoms with Crippen LogP contribution < -0.4 is 24.8 Å². The van der Waals surface area contributed by atoms with E-state index in [2.05, 4.69) is 26.6 Å². The van der Waals surface area contributed by atoms with E-state index in [-0.39, 0.29) is 29.5 Å². The van der Waals surface area contributed by atoms with Gasteiger partial charge >= 0.3 is 5.97 Å². The number of carboxylic acids is 1. The molecule has 0 saturated heterocycles. The van der Waals surface area contributed by atoms with Crippen LogP contribution in [0, 0.1) is 0 Å². The number of benzene rings is 3. The number of anilines is 1. The summed E-state index contributed by atoms with van der Waals surface area (Å²) >= 11 is 3.44. The van der Waals surface area contributed by atoms with Gasteiger partial charge in [0.05, 0.1) is 18.4 Å². The van der Waals surface area contributed by atoms with Gasteiger partial charge in [-0.1, -0.05) is 34.1 Å². The SMILES string of the molecule is COc1ccc(C(=O)O)cc1NC(=O)C(=Cc1cc2c(cc1Br)OCO2)NC(=O)c1ccccc1. The molecule has 0 fully saturated rings. The predicted octanol–water partition coefficient (Wildman–Crippen LogP) is 4.29. The minimum atomic E-state index is -1.17. The number of carbonyl (C=O) groups excluding carboxylic acids is 2. The van der Waals surface area contributed by atoms with Crippen molar-refractivity contribution in [2.24, 2.45) is 0 Å². The third kappa shape index (κ3) is 5.44. The normalized spacial score (nSPS) is 12.1. The van der Waals surface area contributed by atoms with Crippen LogP contribution in [-0.4, -0.2) is 36.8 Å². The van der Waals surface area contributed by atoms with Crippen molar-refractivity contribution in [2.75, 3.05) is 19.2 Å². The maximum absolute atomic E-state index is 13.3. The van der Waals surface area contributed by atoms with Crippen LogP contribution in [0.5, 0.6) is 17.2 Å². The van der Waals surface area contributed by atoms with Crippen LogP contribution in [0.25, 0.3) is 6.08 Å². The number of methoxy groups -OCH3 is 1. The molecule has 0 atom stereocenters. The third-order valence-corrected chi connectivity index (χ3v) is 5.70. The van der Waals surface area contributed by atoms with Gasteiger partial charge in [-0.05, 0) is 54.1 Å². The molecule has 9 nitrogen and oxygen atoms in total. The summed E-state index contributed by atoms with van der Waals surface area (Å²) in [5.41, 5.74) is 0.877. The minimum absolute atomic E-state index is 0.0431. The van der Waals surface area contributed by atoms with Gasteiger partial charge in [0.2, 0.25) is 6.79 Å². The summed E-state index contributed by atoms with van der Waals surface area (Å²) in [6.07, 6.45) is 1.47. The van der Waals surface area contributed by atoms with Gasteiger partial charge < -0.3 is 30.0 Å². The van der Waals surface area contributed by atoms with Gasteiger partial charge in [-0.3, -0.25) is 9.59 Å². The molecule has 178 valence electrons. The number of halogens is 1. The summed E-state index contributed by atoms with van der Waals surface area (Å²) < 4.78 is 16.6. The first-order valence-corrected chi connectivity index (χ1v) is 11.0. The summed E-state index contributed by atoms with van der Waals surface area (Å²) in [5, 5.41) is 14.6. The Morgan fingerprint density at radius 2 is 1.71 bits per heavy atom. The van der Waals surface area contributed by atoms with Crippen molar-refractivity contribution in [3.8, 4) is 17.2 Å². The molecule has 4 rings (SSSR count). The van der Waals surface area contributed by atoms with Crippen molar-refractivity contribution in [3.63, 3.8) is 0 Å². The van der Waals surface area contributed by atoms with Crippen LogP contribution in [0.1, 0.15) is 26.3 Å². The average Bonchev–Trinajstić information content (AvgIpc) is 3.31. The standard InChI is InChI=1S/C25H19BrN2O7/c1-33-20-8-7-15(25(31)32)9-18(20)27-24(30)19(28-23(29)14-5-3-2-4-6-14)10-16-11-21-22(12-17(16)26)35-13-34-21/h2-12H,13H2,1H3,(H,27,30)(H,28,29)(H,31,32). The van der Waals surface area contributed by atoms with Crippen molar-refractivity contribution in [1.82, 2.24) is 5.32 Å². The first-order chi connectivity index (χ1) is 16.9. The highest BCUT2D eigenvalue weighted by atomic mass is 79.9. The molecule has 10 heteroatoms. The highest BCUT2D eigenvalue weighted by molar-refractivity contribution is 9.10. The van der Waals surface area contributed by atoms with Gasteiger partial charge in [-0.25, -0.2) is 4.79 Å². The second-order valence-corrected chi connectivity index (χ2v) is 8.13. The molecule has 3 aromatic rings. The molecule has 0 aliphatic carbocycles. The van der Waals surface area contributed by atoms with E-state index in [1.807, 2.05) is 0 Å². The average molecular weight is 539 g/mol. The quantitative estimate of drug-likeness (QED) is 0.383. The summed E-state index contributed by atoms with van der Waals surface area (Å²) in [6, 6.07) is 15.8. The zero-order chi connectivity index (χ0) is 24.9. The molecular formula is C25H19BrN2O7. The fourth-order valence-corrected chi connectivity index (χ4v) is 3.71. The van der Waals surface area contributed by atoms with E-state index in [1.54, 1.807) is 42.5 Å². The van der Waals surface area contributed by atoms with Crippen molar-refractivity contribution in [2.45, 2.75) is 0 Å². The molecule has 2 amide bonds. The highest BCUT2D eigenvalue weighted by Gasteiger charge is 2.20. The number of hydrogen-bond acceptors (Lipinski definition) is 6. The smallest absolute Gasteiger partial charge is 0.335 e. The zero-order valence-corrected chi connectivity index (χ0v) is 19.9. The summed E-state index contributed by atoms with van der Waals surface area (Å²) in [6.45, 7) is 0.0761. The van der Waals surface area contributed by atoms with Crippen LogP contribution in [0.2, 0.25) is 0 Å². The number of ether oxygens (including phenoxy) is 3. The number of rotatable bonds is 7. The van der Waals surface area contributed by atoms with Gasteiger partial charge in [0.15, 0.2) is 11.5 Å². The van der Waals surface area contributed by atoms with Crippen LogP contribution in [0.4, 0.5) is 5.69 Å². The van der Waals surface area contributed by atoms with E-state index in [0.717, 1.165) is 0 Å². The van der Waals surface area contributed by atoms with Crippen LogP contribution in [0.15, 0.2) is 70.8 Å². The Morgan fingerprint density at radius 3 is 2.40 bits per heavy atom. The van der Waals surface area contributed by atoms with Crippen molar-refractivity contribution in [3.05, 3.63) is 87.5 Å². The Balaban J connectivity index is 1.71. The molecule has 0 unspecified atom stereocenters. The number of hydrogen-bond donors (Lipinski definition) is 3. The number of nitrogens with one attached hydrogen (secondary N) is 2. The Morgan fingerprint density at radius 1 is 1.00 bits per heavy atom. The van der Waals surface area contributed by atoms with E-state index in [9.17, 15) is 19.5 Å². The third-order valence-electron chi connectivity index (χ3n) is 5.02. The van der Waals surface area contributed by atoms with Crippen LogP contribution >= 0.6 is 15.9 Å². The Labute approximate surface area is 208 Å². The molecule has 1 heterocycles. The Bertz CT molecular complexity index is 1340. The summed E-state index contributed by atoms with van der Waals surface area (Å²) in [4.78, 5) is 37.6. The van der Waals surface area contributed by atoms with Crippen molar-refractivity contribution in [1.29, 1.82) is 0 Å². The molecule has 3 aromatic carbocycles. The van der Waals surface area contributed by atoms with Gasteiger partial charge in [0.1, 0.15) is 11.4 Å². The molecule has 0 bridgehead atoms. The van der Waals surface area contributed by atoms with Crippen molar-refractivity contribution >= 4 is 45.5 Å². The van der Waals surface area contributed by atoms with E-state index < -0.39 is 17.8 Å². The largest absolute Gasteiger partial charge is 0.495 e. The maximum Gasteiger partial charge on any atom is 0.335 e. The van der Waals surface area contributed by atoms with Crippen LogP contribution in [-0.2, 0) is 4.79 Å². The predicted molar refractivity (Wildman–Crippen MR) is 131 cm³/mol. The second kappa shape index (κ2) is 10.3. The maximum atomic E-state index is 13.3. The Hall–Kier alpha value is -4.31. The number of fused-ring (bicyclic) bond motifs is 1. The van der Waals surface area contributed by atoms with E-state index in [4.69, 9.17) is 14.2 Å². The van der Waals surface area contributed by atoms with E-state index in [1.165, 1.54) is 31.4 Å². The molecular weight excluding hydrogens is 520 g/mol. The van der Waals surface area contributed by atoms with Crippen molar-refractivity contribution < 1.29 is 33.7 Å². The van der Waals surface area contributed by atoms with Gasteiger partial charge in [-0.15, -0.1) is 0 Å². The lowest BCUT2D eigenvalue weighted by atomic mass is 10.1. The minimum Gasteiger partial charge on any atom is -0.495 e. The molecule has 1 aliphatic heterocycles. The molecule has 0 aromatic heterocycles. The monoisotopic (exact) mass is 538 g/mol. The fourth-order valence-electron chi connectivity index (χ4n) is 3.27. The first kappa shape index (κ1) is 23.8. The molecule has 3 N–H and O–H groups in total. The fraction of sp³-hybridized carbons (Fsp3) is 0.0800. The number of carbonyl (C=O) groups is 3. The van der Waals surface area contributed by atoms with E-state index >= 15 is 0 Å². The number of carboxylic acid groups (broad SMARTS) is 1. The van der Waals surface area contributed by atoms with Gasteiger partial charge in [0.25, 0.3) is 11.8 Å². The summed E-state index contributed by atoms with van der Waals surface area (Å²) in [7, 11) is 1.39. The molecule has 0 radical (unpaired) electrons. The van der Waals surface area contributed by atoms with Crippen LogP contribution in [0.3, 0.4) is 0 Å². The zero-order valence-electron chi connectivity index (χ0n) is 18.3.